The van der Waals surface area contributed by atoms with Crippen molar-refractivity contribution in [3.05, 3.63) is 0 Å². The Morgan fingerprint density at radius 2 is 1.38 bits per heavy atom. The van der Waals surface area contributed by atoms with Crippen LogP contribution in [0.25, 0.3) is 0 Å². The number of Topliss-reactive ketones (excluding diaryl/α,β-unsaturated/α-hetero) is 1. The van der Waals surface area contributed by atoms with E-state index in [0.717, 1.165) is 5.92 Å². The van der Waals surface area contributed by atoms with E-state index in [-0.39, 0.29) is 30.8 Å². The van der Waals surface area contributed by atoms with Crippen LogP contribution in [0.15, 0.2) is 0 Å². The Morgan fingerprint density at radius 3 is 1.67 bits per heavy atom. The van der Waals surface area contributed by atoms with Crippen LogP contribution in [-0.2, 0) is 4.79 Å². The van der Waals surface area contributed by atoms with Crippen LogP contribution >= 0.6 is 0 Å². The van der Waals surface area contributed by atoms with Crippen molar-refractivity contribution in [2.75, 3.05) is 13.1 Å². The molecule has 0 aliphatic rings. The summed E-state index contributed by atoms with van der Waals surface area (Å²) in [7, 11) is 0. The Morgan fingerprint density at radius 1 is 0.952 bits per heavy atom. The molecule has 1 unspecified atom stereocenters. The number of carbonyl (C=O) groups is 1. The van der Waals surface area contributed by atoms with Gasteiger partial charge in [0.25, 0.3) is 0 Å². The lowest BCUT2D eigenvalue weighted by atomic mass is 10.1. The Hall–Kier alpha value is -0.620. The van der Waals surface area contributed by atoms with Gasteiger partial charge in [-0.3, -0.25) is 10.1 Å². The molecule has 0 saturated carbocycles. The molecular weight excluding hydrogens is 281 g/mol. The highest BCUT2D eigenvalue weighted by Crippen LogP contribution is 2.19. The molecule has 0 fully saturated rings. The second kappa shape index (κ2) is 11.0. The molecule has 0 amide bonds. The first-order valence-electron chi connectivity index (χ1n) is 7.44. The summed E-state index contributed by atoms with van der Waals surface area (Å²) in [5.74, 6) is 0.359. The quantitative estimate of drug-likeness (QED) is 0.757. The second-order valence-corrected chi connectivity index (χ2v) is 6.39. The molecule has 0 aromatic heterocycles. The van der Waals surface area contributed by atoms with Gasteiger partial charge in [-0.15, -0.1) is 0 Å². The van der Waals surface area contributed by atoms with Gasteiger partial charge in [0.15, 0.2) is 0 Å². The predicted molar refractivity (Wildman–Crippen MR) is 81.3 cm³/mol. The average molecular weight is 312 g/mol. The summed E-state index contributed by atoms with van der Waals surface area (Å²) >= 11 is 0. The van der Waals surface area contributed by atoms with E-state index in [1.54, 1.807) is 27.7 Å². The maximum Gasteiger partial charge on any atom is 0.405 e. The monoisotopic (exact) mass is 312 g/mol. The summed E-state index contributed by atoms with van der Waals surface area (Å²) < 4.78 is 37.8. The van der Waals surface area contributed by atoms with E-state index in [2.05, 4.69) is 31.4 Å². The van der Waals surface area contributed by atoms with Gasteiger partial charge in [-0.1, -0.05) is 48.5 Å². The zero-order chi connectivity index (χ0) is 17.2. The van der Waals surface area contributed by atoms with Crippen LogP contribution in [0.5, 0.6) is 0 Å². The summed E-state index contributed by atoms with van der Waals surface area (Å²) in [6.07, 6.45) is -4.35. The van der Waals surface area contributed by atoms with Gasteiger partial charge in [0.05, 0.1) is 6.54 Å². The molecule has 0 heterocycles. The topological polar surface area (TPSA) is 41.1 Å². The number of carbonyl (C=O) groups excluding carboxylic acids is 1. The summed E-state index contributed by atoms with van der Waals surface area (Å²) in [5, 5.41) is 4.97. The van der Waals surface area contributed by atoms with Crippen molar-refractivity contribution in [3.8, 4) is 0 Å². The van der Waals surface area contributed by atoms with E-state index in [4.69, 9.17) is 0 Å². The molecule has 0 rings (SSSR count). The van der Waals surface area contributed by atoms with Crippen LogP contribution < -0.4 is 10.6 Å². The van der Waals surface area contributed by atoms with Crippen LogP contribution in [0.3, 0.4) is 0 Å². The van der Waals surface area contributed by atoms with Gasteiger partial charge in [-0.2, -0.15) is 13.2 Å². The normalized spacial score (nSPS) is 13.4. The fraction of sp³-hybridized carbons (Fsp3) is 0.933. The number of hydrogen-bond donors (Lipinski definition) is 2. The van der Waals surface area contributed by atoms with Crippen molar-refractivity contribution in [3.63, 3.8) is 0 Å². The zero-order valence-corrected chi connectivity index (χ0v) is 14.3. The first kappa shape index (κ1) is 22.7. The van der Waals surface area contributed by atoms with E-state index < -0.39 is 12.2 Å². The van der Waals surface area contributed by atoms with Crippen LogP contribution in [0.2, 0.25) is 0 Å². The van der Waals surface area contributed by atoms with Crippen molar-refractivity contribution in [1.29, 1.82) is 0 Å². The molecule has 0 aliphatic carbocycles. The molecule has 0 aliphatic heterocycles. The number of alkyl halides is 3. The molecule has 128 valence electrons. The van der Waals surface area contributed by atoms with E-state index in [1.165, 1.54) is 0 Å². The largest absolute Gasteiger partial charge is 0.405 e. The number of nitrogens with one attached hydrogen (secondary N) is 2. The first-order valence-corrected chi connectivity index (χ1v) is 7.44. The lowest BCUT2D eigenvalue weighted by molar-refractivity contribution is -0.155. The zero-order valence-electron chi connectivity index (χ0n) is 14.3. The van der Waals surface area contributed by atoms with Gasteiger partial charge in [0.1, 0.15) is 11.8 Å². The fourth-order valence-corrected chi connectivity index (χ4v) is 1.09. The summed E-state index contributed by atoms with van der Waals surface area (Å²) in [6.45, 7) is 12.9. The minimum absolute atomic E-state index is 0.0255. The molecule has 6 heteroatoms. The van der Waals surface area contributed by atoms with Crippen molar-refractivity contribution in [2.45, 2.75) is 66.7 Å². The molecule has 21 heavy (non-hydrogen) atoms. The standard InChI is InChI=1S/C11H21F3N2O.C4H10/c1-7(2)9(17)5-16-10(11(12,13)14)6-15-8(3)4;1-4(2)3/h7-8,10,15-16H,5-6H2,1-4H3;4H,1-3H3. The molecule has 2 N–H and O–H groups in total. The summed E-state index contributed by atoms with van der Waals surface area (Å²) in [4.78, 5) is 11.3. The van der Waals surface area contributed by atoms with Gasteiger partial charge in [-0.05, 0) is 5.92 Å². The molecule has 0 radical (unpaired) electrons. The van der Waals surface area contributed by atoms with Crippen molar-refractivity contribution >= 4 is 5.78 Å². The number of rotatable bonds is 7. The highest BCUT2D eigenvalue weighted by molar-refractivity contribution is 5.82. The highest BCUT2D eigenvalue weighted by atomic mass is 19.4. The maximum atomic E-state index is 12.6. The Balaban J connectivity index is 0. The summed E-state index contributed by atoms with van der Waals surface area (Å²) in [5.41, 5.74) is 0. The van der Waals surface area contributed by atoms with Crippen molar-refractivity contribution in [2.24, 2.45) is 11.8 Å². The van der Waals surface area contributed by atoms with Crippen LogP contribution in [0, 0.1) is 11.8 Å². The number of ketones is 1. The fourth-order valence-electron chi connectivity index (χ4n) is 1.09. The third-order valence-electron chi connectivity index (χ3n) is 2.29. The van der Waals surface area contributed by atoms with Crippen molar-refractivity contribution < 1.29 is 18.0 Å². The minimum atomic E-state index is -4.35. The molecule has 0 spiro atoms. The Labute approximate surface area is 127 Å². The van der Waals surface area contributed by atoms with Crippen LogP contribution in [0.1, 0.15) is 48.5 Å². The Bertz CT molecular complexity index is 274. The van der Waals surface area contributed by atoms with E-state index in [0.29, 0.717) is 0 Å². The van der Waals surface area contributed by atoms with Crippen LogP contribution in [-0.4, -0.2) is 37.1 Å². The minimum Gasteiger partial charge on any atom is -0.313 e. The molecular formula is C15H31F3N2O. The first-order chi connectivity index (χ1) is 9.37. The molecule has 0 aromatic rings. The molecule has 3 nitrogen and oxygen atoms in total. The highest BCUT2D eigenvalue weighted by Gasteiger charge is 2.39. The van der Waals surface area contributed by atoms with Gasteiger partial charge in [0, 0.05) is 18.5 Å². The third kappa shape index (κ3) is 15.6. The van der Waals surface area contributed by atoms with Gasteiger partial charge >= 0.3 is 6.18 Å². The molecule has 0 bridgehead atoms. The molecule has 1 atom stereocenters. The van der Waals surface area contributed by atoms with Gasteiger partial charge in [0.2, 0.25) is 0 Å². The van der Waals surface area contributed by atoms with Gasteiger partial charge in [-0.25, -0.2) is 0 Å². The van der Waals surface area contributed by atoms with E-state index >= 15 is 0 Å². The van der Waals surface area contributed by atoms with E-state index in [9.17, 15) is 18.0 Å². The Kier molecular flexibility index (Phi) is 11.9. The predicted octanol–water partition coefficient (Wildman–Crippen LogP) is 3.39. The lowest BCUT2D eigenvalue weighted by Gasteiger charge is -2.23. The van der Waals surface area contributed by atoms with Gasteiger partial charge < -0.3 is 5.32 Å². The number of hydrogen-bond acceptors (Lipinski definition) is 3. The van der Waals surface area contributed by atoms with Crippen LogP contribution in [0.4, 0.5) is 13.2 Å². The average Bonchev–Trinajstić information content (AvgIpc) is 2.25. The molecule has 0 aromatic carbocycles. The summed E-state index contributed by atoms with van der Waals surface area (Å²) in [6, 6.07) is -1.71. The second-order valence-electron chi connectivity index (χ2n) is 6.39. The van der Waals surface area contributed by atoms with E-state index in [1.807, 2.05) is 0 Å². The number of halogens is 3. The molecule has 0 saturated heterocycles. The maximum absolute atomic E-state index is 12.6. The third-order valence-corrected chi connectivity index (χ3v) is 2.29. The lowest BCUT2D eigenvalue weighted by Crippen LogP contribution is -2.51. The SMILES string of the molecule is CC(C)C.CC(C)NCC(NCC(=O)C(C)C)C(F)(F)F. The van der Waals surface area contributed by atoms with Crippen molar-refractivity contribution in [1.82, 2.24) is 10.6 Å². The smallest absolute Gasteiger partial charge is 0.313 e.